The second kappa shape index (κ2) is 11.0. The Kier molecular flexibility index (Phi) is 7.73. The van der Waals surface area contributed by atoms with Gasteiger partial charge in [0.1, 0.15) is 30.3 Å². The number of hydrogen-bond donors (Lipinski definition) is 2. The van der Waals surface area contributed by atoms with E-state index in [1.165, 1.54) is 31.0 Å². The Morgan fingerprint density at radius 2 is 2.03 bits per heavy atom. The second-order valence-corrected chi connectivity index (χ2v) is 9.97. The highest BCUT2D eigenvalue weighted by Crippen LogP contribution is 2.27. The van der Waals surface area contributed by atoms with Gasteiger partial charge in [0.2, 0.25) is 12.2 Å². The maximum Gasteiger partial charge on any atom is 0.390 e. The summed E-state index contributed by atoms with van der Waals surface area (Å²) in [5.41, 5.74) is 1.67. The first-order valence-electron chi connectivity index (χ1n) is 11.3. The lowest BCUT2D eigenvalue weighted by atomic mass is 10.2. The number of likely N-dealkylation sites (N-methyl/N-ethyl adjacent to an activating group) is 1. The fourth-order valence-electron chi connectivity index (χ4n) is 3.70. The fourth-order valence-corrected chi connectivity index (χ4v) is 4.08. The predicted molar refractivity (Wildman–Crippen MR) is 143 cm³/mol. The van der Waals surface area contributed by atoms with Gasteiger partial charge in [0.15, 0.2) is 5.69 Å². The molecule has 0 spiro atoms. The van der Waals surface area contributed by atoms with Gasteiger partial charge in [-0.15, -0.1) is 0 Å². The number of benzene rings is 1. The number of carbonyl (C=O) groups is 1. The molecule has 14 heteroatoms. The van der Waals surface area contributed by atoms with E-state index in [0.717, 1.165) is 0 Å². The van der Waals surface area contributed by atoms with E-state index in [4.69, 9.17) is 0 Å². The quantitative estimate of drug-likeness (QED) is 0.130. The van der Waals surface area contributed by atoms with Crippen molar-refractivity contribution >= 4 is 55.9 Å². The van der Waals surface area contributed by atoms with E-state index >= 15 is 0 Å². The topological polar surface area (TPSA) is 141 Å². The van der Waals surface area contributed by atoms with Gasteiger partial charge in [0, 0.05) is 24.2 Å². The molecule has 3 heterocycles. The van der Waals surface area contributed by atoms with Crippen LogP contribution in [0.25, 0.3) is 10.9 Å². The van der Waals surface area contributed by atoms with Crippen molar-refractivity contribution in [3.63, 3.8) is 0 Å². The minimum absolute atomic E-state index is 0.173. The molecule has 3 aromatic heterocycles. The van der Waals surface area contributed by atoms with E-state index < -0.39 is 10.8 Å². The number of imidazole rings is 1. The molecule has 0 saturated heterocycles. The van der Waals surface area contributed by atoms with Crippen molar-refractivity contribution in [2.45, 2.75) is 6.54 Å². The normalized spacial score (nSPS) is 11.7. The number of halogens is 2. The number of fused-ring (bicyclic) bond motifs is 1. The molecule has 2 N–H and O–H groups in total. The molecular weight excluding hydrogens is 561 g/mol. The lowest BCUT2D eigenvalue weighted by Crippen LogP contribution is -2.39. The average Bonchev–Trinajstić information content (AvgIpc) is 3.21. The van der Waals surface area contributed by atoms with Crippen molar-refractivity contribution in [1.82, 2.24) is 24.5 Å². The third-order valence-corrected chi connectivity index (χ3v) is 6.22. The summed E-state index contributed by atoms with van der Waals surface area (Å²) in [4.78, 5) is 39.9. The van der Waals surface area contributed by atoms with Crippen LogP contribution in [-0.4, -0.2) is 60.5 Å². The van der Waals surface area contributed by atoms with Gasteiger partial charge in [-0.2, -0.15) is 0 Å². The number of nitrogens with one attached hydrogen (secondary N) is 2. The van der Waals surface area contributed by atoms with Crippen LogP contribution in [0.1, 0.15) is 5.69 Å². The summed E-state index contributed by atoms with van der Waals surface area (Å²) in [6, 6.07) is 6.14. The third kappa shape index (κ3) is 6.33. The fraction of sp³-hybridized carbons (Fsp3) is 0.208. The summed E-state index contributed by atoms with van der Waals surface area (Å²) >= 11 is 3.16. The molecule has 196 valence electrons. The van der Waals surface area contributed by atoms with Gasteiger partial charge >= 0.3 is 5.82 Å². The number of hydrogen-bond acceptors (Lipinski definition) is 8. The average molecular weight is 585 g/mol. The monoisotopic (exact) mass is 584 g/mol. The molecular formula is C24H24BrFN9O3+. The molecule has 38 heavy (non-hydrogen) atoms. The number of carbonyl (C=O) groups excluding carboxylic acids is 1. The van der Waals surface area contributed by atoms with Crippen LogP contribution in [0, 0.1) is 15.9 Å². The van der Waals surface area contributed by atoms with E-state index in [9.17, 15) is 19.3 Å². The molecule has 0 unspecified atom stereocenters. The van der Waals surface area contributed by atoms with Crippen molar-refractivity contribution < 1.29 is 18.6 Å². The Balaban J connectivity index is 1.44. The van der Waals surface area contributed by atoms with Gasteiger partial charge in [0.25, 0.3) is 0 Å². The van der Waals surface area contributed by atoms with E-state index in [1.807, 2.05) is 14.1 Å². The van der Waals surface area contributed by atoms with Crippen molar-refractivity contribution in [1.29, 1.82) is 0 Å². The summed E-state index contributed by atoms with van der Waals surface area (Å²) in [5, 5.41) is 17.7. The van der Waals surface area contributed by atoms with Crippen LogP contribution in [0.5, 0.6) is 0 Å². The first-order chi connectivity index (χ1) is 18.0. The number of amides is 1. The number of anilines is 3. The lowest BCUT2D eigenvalue weighted by molar-refractivity contribution is -0.898. The number of pyridine rings is 1. The summed E-state index contributed by atoms with van der Waals surface area (Å²) in [6.07, 6.45) is 7.40. The highest BCUT2D eigenvalue weighted by Gasteiger charge is 2.26. The molecule has 12 nitrogen and oxygen atoms in total. The van der Waals surface area contributed by atoms with Crippen LogP contribution in [0.2, 0.25) is 0 Å². The summed E-state index contributed by atoms with van der Waals surface area (Å²) < 4.78 is 15.9. The first kappa shape index (κ1) is 26.8. The van der Waals surface area contributed by atoms with Gasteiger partial charge in [-0.3, -0.25) is 4.79 Å². The summed E-state index contributed by atoms with van der Waals surface area (Å²) in [6.45, 7) is 0.793. The third-order valence-electron chi connectivity index (χ3n) is 5.61. The van der Waals surface area contributed by atoms with Crippen LogP contribution < -0.4 is 10.6 Å². The number of rotatable bonds is 9. The molecule has 0 fully saturated rings. The number of aromatic nitrogens is 5. The van der Waals surface area contributed by atoms with Crippen LogP contribution in [0.3, 0.4) is 0 Å². The molecule has 0 saturated carbocycles. The van der Waals surface area contributed by atoms with Crippen LogP contribution in [0.4, 0.5) is 27.5 Å². The lowest BCUT2D eigenvalue weighted by Gasteiger charge is -2.27. The van der Waals surface area contributed by atoms with Gasteiger partial charge in [-0.05, 0) is 56.2 Å². The zero-order valence-corrected chi connectivity index (χ0v) is 22.3. The largest absolute Gasteiger partial charge is 0.390 e. The molecule has 1 amide bonds. The maximum atomic E-state index is 13.6. The minimum atomic E-state index is -0.500. The van der Waals surface area contributed by atoms with Crippen LogP contribution in [0.15, 0.2) is 59.7 Å². The molecule has 4 rings (SSSR count). The highest BCUT2D eigenvalue weighted by atomic mass is 79.9. The SMILES string of the molecule is Cn1cnc([N+](=O)[O-])c1C[N+](C)(C)C/C=C/C(=O)Nc1cc2c(Nc3ccc(F)c(Br)c3)ncnc2cn1. The van der Waals surface area contributed by atoms with Crippen molar-refractivity contribution in [2.24, 2.45) is 7.05 Å². The summed E-state index contributed by atoms with van der Waals surface area (Å²) in [7, 11) is 5.51. The Hall–Kier alpha value is -4.30. The van der Waals surface area contributed by atoms with Gasteiger partial charge in [-0.1, -0.05) is 0 Å². The van der Waals surface area contributed by atoms with E-state index in [0.29, 0.717) is 56.0 Å². The molecule has 0 aliphatic carbocycles. The van der Waals surface area contributed by atoms with E-state index in [1.54, 1.807) is 35.9 Å². The number of nitrogens with zero attached hydrogens (tertiary/aromatic N) is 7. The Morgan fingerprint density at radius 1 is 1.24 bits per heavy atom. The zero-order valence-electron chi connectivity index (χ0n) is 20.7. The molecule has 0 aliphatic rings. The molecule has 0 aliphatic heterocycles. The Morgan fingerprint density at radius 3 is 2.76 bits per heavy atom. The number of nitro groups is 1. The van der Waals surface area contributed by atoms with Crippen LogP contribution >= 0.6 is 15.9 Å². The standard InChI is InChI=1S/C24H23BrFN9O3/c1-33-14-30-24(34(37)38)20(33)12-35(2,3)8-4-5-22(36)32-21-10-16-19(11-27-21)28-13-29-23(16)31-15-6-7-18(26)17(25)9-15/h4-7,9-11,13-14H,8,12H2,1-3H3,(H-,27,28,29,31,32,36)/p+1/b5-4+. The smallest absolute Gasteiger partial charge is 0.358 e. The molecule has 0 radical (unpaired) electrons. The predicted octanol–water partition coefficient (Wildman–Crippen LogP) is 4.08. The zero-order chi connectivity index (χ0) is 27.4. The molecule has 0 bridgehead atoms. The van der Waals surface area contributed by atoms with Crippen molar-refractivity contribution in [2.75, 3.05) is 31.3 Å². The van der Waals surface area contributed by atoms with Crippen LogP contribution in [-0.2, 0) is 18.4 Å². The van der Waals surface area contributed by atoms with E-state index in [-0.39, 0.29) is 11.6 Å². The van der Waals surface area contributed by atoms with Gasteiger partial charge < -0.3 is 29.8 Å². The van der Waals surface area contributed by atoms with Gasteiger partial charge in [-0.25, -0.2) is 19.3 Å². The number of aryl methyl sites for hydroxylation is 1. The summed E-state index contributed by atoms with van der Waals surface area (Å²) in [5.74, 6) is -0.189. The molecule has 0 atom stereocenters. The Bertz CT molecular complexity index is 1550. The van der Waals surface area contributed by atoms with Gasteiger partial charge in [0.05, 0.1) is 36.8 Å². The maximum absolute atomic E-state index is 13.6. The van der Waals surface area contributed by atoms with Crippen molar-refractivity contribution in [3.05, 3.63) is 81.4 Å². The first-order valence-corrected chi connectivity index (χ1v) is 12.1. The second-order valence-electron chi connectivity index (χ2n) is 9.11. The molecule has 4 aromatic rings. The minimum Gasteiger partial charge on any atom is -0.358 e. The van der Waals surface area contributed by atoms with E-state index in [2.05, 4.69) is 46.5 Å². The van der Waals surface area contributed by atoms with Crippen molar-refractivity contribution in [3.8, 4) is 0 Å². The molecule has 1 aromatic carbocycles. The highest BCUT2D eigenvalue weighted by molar-refractivity contribution is 9.10. The number of quaternary nitrogens is 1. The Labute approximate surface area is 225 Å².